The number of nitrogens with one attached hydrogen (secondary N) is 3. The fraction of sp³-hybridized carbons (Fsp3) is 0.467. The normalized spacial score (nSPS) is 13.1. The fourth-order valence-electron chi connectivity index (χ4n) is 1.69. The highest BCUT2D eigenvalue weighted by Gasteiger charge is 2.16. The third kappa shape index (κ3) is 5.83. The molecule has 21 heavy (non-hydrogen) atoms. The zero-order valence-corrected chi connectivity index (χ0v) is 12.9. The van der Waals surface area contributed by atoms with Crippen molar-refractivity contribution >= 4 is 11.9 Å². The Morgan fingerprint density at radius 2 is 1.76 bits per heavy atom. The van der Waals surface area contributed by atoms with Crippen molar-refractivity contribution in [3.8, 4) is 5.75 Å². The summed E-state index contributed by atoms with van der Waals surface area (Å²) in [7, 11) is 3.37. The molecule has 0 aromatic heterocycles. The minimum Gasteiger partial charge on any atom is -0.481 e. The Bertz CT molecular complexity index is 474. The molecule has 6 heteroatoms. The average Bonchev–Trinajstić information content (AvgIpc) is 2.48. The number of rotatable bonds is 6. The predicted octanol–water partition coefficient (Wildman–Crippen LogP) is 1.06. The summed E-state index contributed by atoms with van der Waals surface area (Å²) in [6.07, 6.45) is 0.174. The largest absolute Gasteiger partial charge is 0.481 e. The maximum Gasteiger partial charge on any atom is 0.321 e. The van der Waals surface area contributed by atoms with Crippen molar-refractivity contribution in [2.75, 3.05) is 14.1 Å². The van der Waals surface area contributed by atoms with E-state index in [9.17, 15) is 9.59 Å². The van der Waals surface area contributed by atoms with Gasteiger partial charge in [-0.15, -0.1) is 0 Å². The van der Waals surface area contributed by atoms with Crippen LogP contribution in [0, 0.1) is 0 Å². The molecule has 0 heterocycles. The summed E-state index contributed by atoms with van der Waals surface area (Å²) in [6.45, 7) is 3.70. The monoisotopic (exact) mass is 293 g/mol. The predicted molar refractivity (Wildman–Crippen MR) is 81.4 cm³/mol. The van der Waals surface area contributed by atoms with E-state index in [4.69, 9.17) is 4.74 Å². The lowest BCUT2D eigenvalue weighted by Crippen LogP contribution is -2.43. The number of likely N-dealkylation sites (N-methyl/N-ethyl adjacent to an activating group) is 1. The lowest BCUT2D eigenvalue weighted by molar-refractivity contribution is -0.126. The second-order valence-electron chi connectivity index (χ2n) is 4.87. The van der Waals surface area contributed by atoms with Crippen LogP contribution in [0.5, 0.6) is 5.75 Å². The van der Waals surface area contributed by atoms with Crippen molar-refractivity contribution in [1.82, 2.24) is 16.0 Å². The number of hydrogen-bond acceptors (Lipinski definition) is 4. The first-order chi connectivity index (χ1) is 9.96. The summed E-state index contributed by atoms with van der Waals surface area (Å²) in [6, 6.07) is 7.42. The van der Waals surface area contributed by atoms with Gasteiger partial charge in [0.15, 0.2) is 6.10 Å². The van der Waals surface area contributed by atoms with Crippen molar-refractivity contribution in [3.05, 3.63) is 29.8 Å². The van der Waals surface area contributed by atoms with Crippen molar-refractivity contribution in [2.45, 2.75) is 32.4 Å². The number of hydrogen-bond donors (Lipinski definition) is 3. The molecule has 1 rings (SSSR count). The fourth-order valence-corrected chi connectivity index (χ4v) is 1.69. The second-order valence-corrected chi connectivity index (χ2v) is 4.87. The minimum absolute atomic E-state index is 0.397. The van der Waals surface area contributed by atoms with E-state index < -0.39 is 18.0 Å². The Labute approximate surface area is 125 Å². The van der Waals surface area contributed by atoms with E-state index in [1.165, 1.54) is 12.6 Å². The first-order valence-corrected chi connectivity index (χ1v) is 6.91. The van der Waals surface area contributed by atoms with Crippen LogP contribution in [0.4, 0.5) is 4.79 Å². The third-order valence-electron chi connectivity index (χ3n) is 3.10. The van der Waals surface area contributed by atoms with E-state index in [0.29, 0.717) is 11.8 Å². The van der Waals surface area contributed by atoms with E-state index in [2.05, 4.69) is 22.9 Å². The van der Waals surface area contributed by atoms with Gasteiger partial charge in [-0.25, -0.2) is 4.79 Å². The standard InChI is InChI=1S/C15H23N3O3/c1-10(16-3)9-12-5-7-13(8-6-12)21-11(2)14(19)18-15(20)17-4/h5-8,10-11,16H,9H2,1-4H3,(H2,17,18,19,20). The summed E-state index contributed by atoms with van der Waals surface area (Å²) < 4.78 is 5.50. The molecule has 1 aromatic rings. The molecular formula is C15H23N3O3. The van der Waals surface area contributed by atoms with Crippen LogP contribution in [0.3, 0.4) is 0 Å². The van der Waals surface area contributed by atoms with Crippen LogP contribution in [-0.4, -0.2) is 38.2 Å². The number of carbonyl (C=O) groups is 2. The van der Waals surface area contributed by atoms with Crippen LogP contribution >= 0.6 is 0 Å². The molecule has 0 fully saturated rings. The number of benzene rings is 1. The number of imide groups is 1. The van der Waals surface area contributed by atoms with E-state index in [1.807, 2.05) is 31.3 Å². The van der Waals surface area contributed by atoms with E-state index >= 15 is 0 Å². The molecule has 0 saturated heterocycles. The van der Waals surface area contributed by atoms with Gasteiger partial charge in [0.2, 0.25) is 0 Å². The molecule has 0 aliphatic rings. The van der Waals surface area contributed by atoms with Gasteiger partial charge in [0.25, 0.3) is 5.91 Å². The van der Waals surface area contributed by atoms with Crippen molar-refractivity contribution in [2.24, 2.45) is 0 Å². The molecule has 1 aromatic carbocycles. The summed E-state index contributed by atoms with van der Waals surface area (Å²) in [5.41, 5.74) is 1.19. The molecule has 2 atom stereocenters. The Morgan fingerprint density at radius 1 is 1.14 bits per heavy atom. The molecule has 2 unspecified atom stereocenters. The van der Waals surface area contributed by atoms with Gasteiger partial charge in [-0.1, -0.05) is 12.1 Å². The number of ether oxygens (including phenoxy) is 1. The van der Waals surface area contributed by atoms with Crippen LogP contribution in [0.25, 0.3) is 0 Å². The number of carbonyl (C=O) groups excluding carboxylic acids is 2. The van der Waals surface area contributed by atoms with Crippen molar-refractivity contribution < 1.29 is 14.3 Å². The summed E-state index contributed by atoms with van der Waals surface area (Å²) in [5, 5.41) is 7.66. The van der Waals surface area contributed by atoms with Crippen LogP contribution in [0.15, 0.2) is 24.3 Å². The molecule has 116 valence electrons. The third-order valence-corrected chi connectivity index (χ3v) is 3.10. The van der Waals surface area contributed by atoms with Crippen LogP contribution < -0.4 is 20.7 Å². The Morgan fingerprint density at radius 3 is 2.29 bits per heavy atom. The molecule has 0 saturated carbocycles. The van der Waals surface area contributed by atoms with E-state index in [0.717, 1.165) is 6.42 Å². The van der Waals surface area contributed by atoms with Crippen LogP contribution in [-0.2, 0) is 11.2 Å². The highest BCUT2D eigenvalue weighted by atomic mass is 16.5. The van der Waals surface area contributed by atoms with Gasteiger partial charge < -0.3 is 15.4 Å². The van der Waals surface area contributed by atoms with Crippen molar-refractivity contribution in [3.63, 3.8) is 0 Å². The average molecular weight is 293 g/mol. The molecule has 0 aliphatic heterocycles. The molecular weight excluding hydrogens is 270 g/mol. The highest BCUT2D eigenvalue weighted by molar-refractivity contribution is 5.96. The number of amides is 3. The molecule has 6 nitrogen and oxygen atoms in total. The first-order valence-electron chi connectivity index (χ1n) is 6.91. The quantitative estimate of drug-likeness (QED) is 0.733. The van der Waals surface area contributed by atoms with Gasteiger partial charge in [0.05, 0.1) is 0 Å². The van der Waals surface area contributed by atoms with Gasteiger partial charge in [-0.3, -0.25) is 10.1 Å². The lowest BCUT2D eigenvalue weighted by Gasteiger charge is -2.15. The summed E-state index contributed by atoms with van der Waals surface area (Å²) >= 11 is 0. The second kappa shape index (κ2) is 8.26. The minimum atomic E-state index is -0.746. The molecule has 0 spiro atoms. The zero-order chi connectivity index (χ0) is 15.8. The lowest BCUT2D eigenvalue weighted by atomic mass is 10.1. The van der Waals surface area contributed by atoms with Gasteiger partial charge in [-0.2, -0.15) is 0 Å². The van der Waals surface area contributed by atoms with E-state index in [1.54, 1.807) is 6.92 Å². The maximum atomic E-state index is 11.7. The van der Waals surface area contributed by atoms with E-state index in [-0.39, 0.29) is 0 Å². The topological polar surface area (TPSA) is 79.5 Å². The molecule has 0 radical (unpaired) electrons. The van der Waals surface area contributed by atoms with Gasteiger partial charge in [0.1, 0.15) is 5.75 Å². The van der Waals surface area contributed by atoms with Crippen LogP contribution in [0.1, 0.15) is 19.4 Å². The highest BCUT2D eigenvalue weighted by Crippen LogP contribution is 2.15. The Hall–Kier alpha value is -2.08. The Kier molecular flexibility index (Phi) is 6.68. The maximum absolute atomic E-state index is 11.7. The van der Waals surface area contributed by atoms with Gasteiger partial charge in [0, 0.05) is 13.1 Å². The zero-order valence-electron chi connectivity index (χ0n) is 12.9. The van der Waals surface area contributed by atoms with Gasteiger partial charge >= 0.3 is 6.03 Å². The van der Waals surface area contributed by atoms with Crippen LogP contribution in [0.2, 0.25) is 0 Å². The number of urea groups is 1. The first kappa shape index (κ1) is 17.0. The summed E-state index contributed by atoms with van der Waals surface area (Å²) in [4.78, 5) is 22.7. The Balaban J connectivity index is 2.55. The van der Waals surface area contributed by atoms with Gasteiger partial charge in [-0.05, 0) is 45.0 Å². The smallest absolute Gasteiger partial charge is 0.321 e. The SMILES string of the molecule is CNC(=O)NC(=O)C(C)Oc1ccc(CC(C)NC)cc1. The molecule has 3 N–H and O–H groups in total. The van der Waals surface area contributed by atoms with Crippen molar-refractivity contribution in [1.29, 1.82) is 0 Å². The molecule has 3 amide bonds. The molecule has 0 aliphatic carbocycles. The summed E-state index contributed by atoms with van der Waals surface area (Å²) in [5.74, 6) is 0.109. The molecule has 0 bridgehead atoms.